The molecule has 0 N–H and O–H groups in total. The standard InChI is InChI=1S/C28H23N3O6S/c1-4-37-27(33)23-16(2)29-28-30(25(23)24-20-11-6-5-9-18(20)12-13-21(24)36-3)26(32)22(38-28)15-17-8-7-10-19(14-17)31(34)35/h5-15,25H,4H2,1-3H3/b22-15+/t25-/m1/s1. The second kappa shape index (κ2) is 10.1. The first-order valence-electron chi connectivity index (χ1n) is 11.8. The maximum Gasteiger partial charge on any atom is 0.338 e. The summed E-state index contributed by atoms with van der Waals surface area (Å²) in [5.74, 6) is -0.0554. The minimum absolute atomic E-state index is 0.0784. The molecule has 0 saturated heterocycles. The monoisotopic (exact) mass is 529 g/mol. The number of hydrogen-bond acceptors (Lipinski definition) is 8. The van der Waals surface area contributed by atoms with E-state index in [4.69, 9.17) is 9.47 Å². The number of nitro groups is 1. The Kier molecular flexibility index (Phi) is 6.64. The number of non-ortho nitro benzene ring substituents is 1. The van der Waals surface area contributed by atoms with Crippen LogP contribution >= 0.6 is 11.3 Å². The lowest BCUT2D eigenvalue weighted by Crippen LogP contribution is -2.40. The number of nitro benzene ring substituents is 1. The van der Waals surface area contributed by atoms with Gasteiger partial charge in [-0.2, -0.15) is 0 Å². The number of aromatic nitrogens is 1. The highest BCUT2D eigenvalue weighted by Crippen LogP contribution is 2.40. The van der Waals surface area contributed by atoms with Gasteiger partial charge in [-0.25, -0.2) is 9.79 Å². The van der Waals surface area contributed by atoms with Gasteiger partial charge in [0.1, 0.15) is 11.8 Å². The number of carbonyl (C=O) groups excluding carboxylic acids is 1. The van der Waals surface area contributed by atoms with Gasteiger partial charge >= 0.3 is 5.97 Å². The van der Waals surface area contributed by atoms with Gasteiger partial charge in [0, 0.05) is 17.7 Å². The van der Waals surface area contributed by atoms with Gasteiger partial charge in [-0.15, -0.1) is 0 Å². The lowest BCUT2D eigenvalue weighted by molar-refractivity contribution is -0.384. The van der Waals surface area contributed by atoms with Gasteiger partial charge < -0.3 is 9.47 Å². The Balaban J connectivity index is 1.83. The topological polar surface area (TPSA) is 113 Å². The Morgan fingerprint density at radius 1 is 1.18 bits per heavy atom. The number of fused-ring (bicyclic) bond motifs is 2. The van der Waals surface area contributed by atoms with E-state index in [1.54, 1.807) is 39.2 Å². The van der Waals surface area contributed by atoms with Crippen LogP contribution in [0.25, 0.3) is 16.8 Å². The summed E-state index contributed by atoms with van der Waals surface area (Å²) in [5, 5.41) is 13.0. The molecule has 3 aromatic carbocycles. The average Bonchev–Trinajstić information content (AvgIpc) is 3.21. The first-order chi connectivity index (χ1) is 18.3. The van der Waals surface area contributed by atoms with Crippen molar-refractivity contribution in [3.05, 3.63) is 113 Å². The highest BCUT2D eigenvalue weighted by Gasteiger charge is 2.36. The molecule has 192 valence electrons. The van der Waals surface area contributed by atoms with Crippen LogP contribution in [0.5, 0.6) is 5.75 Å². The molecule has 10 heteroatoms. The fraction of sp³-hybridized carbons (Fsp3) is 0.179. The number of rotatable bonds is 6. The van der Waals surface area contributed by atoms with Crippen molar-refractivity contribution in [1.29, 1.82) is 0 Å². The van der Waals surface area contributed by atoms with Crippen LogP contribution < -0.4 is 19.6 Å². The van der Waals surface area contributed by atoms with Crippen molar-refractivity contribution in [3.63, 3.8) is 0 Å². The molecule has 1 aromatic heterocycles. The molecule has 0 amide bonds. The second-order valence-corrected chi connectivity index (χ2v) is 9.57. The molecule has 5 rings (SSSR count). The SMILES string of the molecule is CCOC(=O)C1=C(C)N=c2s/c(=C/c3cccc([N+](=O)[O-])c3)c(=O)n2[C@H]1c1c(OC)ccc2ccccc12. The van der Waals surface area contributed by atoms with E-state index in [2.05, 4.69) is 4.99 Å². The fourth-order valence-electron chi connectivity index (χ4n) is 4.68. The zero-order valence-electron chi connectivity index (χ0n) is 20.8. The predicted molar refractivity (Wildman–Crippen MR) is 144 cm³/mol. The van der Waals surface area contributed by atoms with Crippen molar-refractivity contribution in [2.75, 3.05) is 13.7 Å². The molecule has 38 heavy (non-hydrogen) atoms. The third-order valence-corrected chi connectivity index (χ3v) is 7.30. The number of ether oxygens (including phenoxy) is 2. The average molecular weight is 530 g/mol. The van der Waals surface area contributed by atoms with E-state index < -0.39 is 16.9 Å². The minimum Gasteiger partial charge on any atom is -0.496 e. The summed E-state index contributed by atoms with van der Waals surface area (Å²) in [4.78, 5) is 43.0. The molecule has 0 aliphatic carbocycles. The molecule has 2 heterocycles. The van der Waals surface area contributed by atoms with Crippen LogP contribution in [-0.4, -0.2) is 29.2 Å². The maximum atomic E-state index is 13.9. The van der Waals surface area contributed by atoms with Gasteiger partial charge in [-0.3, -0.25) is 19.5 Å². The number of esters is 1. The molecule has 1 aliphatic rings. The molecule has 0 spiro atoms. The van der Waals surface area contributed by atoms with Crippen LogP contribution in [0.15, 0.2) is 81.7 Å². The zero-order valence-corrected chi connectivity index (χ0v) is 21.7. The van der Waals surface area contributed by atoms with Gasteiger partial charge in [-0.05, 0) is 42.3 Å². The summed E-state index contributed by atoms with van der Waals surface area (Å²) in [6.45, 7) is 3.59. The molecule has 0 saturated carbocycles. The normalized spacial score (nSPS) is 15.2. The Morgan fingerprint density at radius 3 is 2.71 bits per heavy atom. The smallest absolute Gasteiger partial charge is 0.338 e. The highest BCUT2D eigenvalue weighted by molar-refractivity contribution is 7.07. The first kappa shape index (κ1) is 25.1. The quantitative estimate of drug-likeness (QED) is 0.213. The molecule has 0 bridgehead atoms. The number of methoxy groups -OCH3 is 1. The third kappa shape index (κ3) is 4.28. The Hall–Kier alpha value is -4.57. The summed E-state index contributed by atoms with van der Waals surface area (Å²) in [6.07, 6.45) is 1.59. The van der Waals surface area contributed by atoms with Crippen LogP contribution in [-0.2, 0) is 9.53 Å². The van der Waals surface area contributed by atoms with Crippen molar-refractivity contribution < 1.29 is 19.2 Å². The van der Waals surface area contributed by atoms with E-state index in [0.717, 1.165) is 22.1 Å². The molecular formula is C28H23N3O6S. The Bertz CT molecular complexity index is 1820. The summed E-state index contributed by atoms with van der Waals surface area (Å²) >= 11 is 1.15. The van der Waals surface area contributed by atoms with Crippen LogP contribution in [0.1, 0.15) is 31.0 Å². The molecular weight excluding hydrogens is 506 g/mol. The van der Waals surface area contributed by atoms with Crippen LogP contribution in [0, 0.1) is 10.1 Å². The predicted octanol–water partition coefficient (Wildman–Crippen LogP) is 3.87. The van der Waals surface area contributed by atoms with Gasteiger partial charge in [-0.1, -0.05) is 53.8 Å². The number of allylic oxidation sites excluding steroid dienone is 1. The third-order valence-electron chi connectivity index (χ3n) is 6.32. The molecule has 4 aromatic rings. The van der Waals surface area contributed by atoms with Crippen molar-refractivity contribution >= 4 is 39.8 Å². The van der Waals surface area contributed by atoms with Gasteiger partial charge in [0.05, 0.1) is 34.4 Å². The van der Waals surface area contributed by atoms with Gasteiger partial charge in [0.15, 0.2) is 4.80 Å². The van der Waals surface area contributed by atoms with E-state index in [1.165, 1.54) is 16.7 Å². The van der Waals surface area contributed by atoms with Crippen molar-refractivity contribution in [2.24, 2.45) is 4.99 Å². The molecule has 1 atom stereocenters. The largest absolute Gasteiger partial charge is 0.496 e. The number of nitrogens with zero attached hydrogens (tertiary/aromatic N) is 3. The molecule has 0 radical (unpaired) electrons. The lowest BCUT2D eigenvalue weighted by Gasteiger charge is -2.27. The van der Waals surface area contributed by atoms with Crippen LogP contribution in [0.3, 0.4) is 0 Å². The van der Waals surface area contributed by atoms with E-state index in [-0.39, 0.29) is 23.4 Å². The second-order valence-electron chi connectivity index (χ2n) is 8.56. The molecule has 1 aliphatic heterocycles. The first-order valence-corrected chi connectivity index (χ1v) is 12.7. The van der Waals surface area contributed by atoms with E-state index in [9.17, 15) is 19.7 Å². The summed E-state index contributed by atoms with van der Waals surface area (Å²) < 4.78 is 12.9. The van der Waals surface area contributed by atoms with E-state index in [1.807, 2.05) is 36.4 Å². The van der Waals surface area contributed by atoms with E-state index >= 15 is 0 Å². The molecule has 0 unspecified atom stereocenters. The molecule has 0 fully saturated rings. The van der Waals surface area contributed by atoms with Gasteiger partial charge in [0.2, 0.25) is 0 Å². The Labute approximate surface area is 220 Å². The number of benzene rings is 3. The van der Waals surface area contributed by atoms with Crippen molar-refractivity contribution in [2.45, 2.75) is 19.9 Å². The van der Waals surface area contributed by atoms with Crippen molar-refractivity contribution in [3.8, 4) is 5.75 Å². The summed E-state index contributed by atoms with van der Waals surface area (Å²) in [6, 6.07) is 16.6. The minimum atomic E-state index is -0.862. The van der Waals surface area contributed by atoms with Crippen LogP contribution in [0.2, 0.25) is 0 Å². The Morgan fingerprint density at radius 2 is 1.97 bits per heavy atom. The summed E-state index contributed by atoms with van der Waals surface area (Å²) in [7, 11) is 1.54. The van der Waals surface area contributed by atoms with Crippen molar-refractivity contribution in [1.82, 2.24) is 4.57 Å². The number of hydrogen-bond donors (Lipinski definition) is 0. The van der Waals surface area contributed by atoms with Crippen LogP contribution in [0.4, 0.5) is 5.69 Å². The fourth-order valence-corrected chi connectivity index (χ4v) is 5.73. The van der Waals surface area contributed by atoms with E-state index in [0.29, 0.717) is 31.9 Å². The summed E-state index contributed by atoms with van der Waals surface area (Å²) in [5.41, 5.74) is 1.37. The highest BCUT2D eigenvalue weighted by atomic mass is 32.1. The zero-order chi connectivity index (χ0) is 27.0. The maximum absolute atomic E-state index is 13.9. The number of thiazole rings is 1. The molecule has 9 nitrogen and oxygen atoms in total. The van der Waals surface area contributed by atoms with Gasteiger partial charge in [0.25, 0.3) is 11.2 Å². The number of carbonyl (C=O) groups is 1. The lowest BCUT2D eigenvalue weighted by atomic mass is 9.90.